The highest BCUT2D eigenvalue weighted by molar-refractivity contribution is 7.99. The van der Waals surface area contributed by atoms with Crippen LogP contribution in [0.25, 0.3) is 0 Å². The van der Waals surface area contributed by atoms with E-state index in [-0.39, 0.29) is 6.61 Å². The van der Waals surface area contributed by atoms with Crippen molar-refractivity contribution in [1.82, 2.24) is 0 Å². The van der Waals surface area contributed by atoms with Crippen molar-refractivity contribution in [3.05, 3.63) is 0 Å². The second kappa shape index (κ2) is 21.8. The molecule has 1 rings (SSSR count). The lowest BCUT2D eigenvalue weighted by atomic mass is 9.77. The molecule has 0 spiro atoms. The largest absolute Gasteiger partial charge is 0.550 e. The van der Waals surface area contributed by atoms with Crippen LogP contribution >= 0.6 is 19.8 Å². The van der Waals surface area contributed by atoms with Crippen LogP contribution in [0.5, 0.6) is 0 Å². The molecule has 0 heterocycles. The molecular weight excluding hydrogens is 483 g/mol. The number of aliphatic carboxylic acids is 1. The van der Waals surface area contributed by atoms with Gasteiger partial charge in [0.15, 0.2) is 0 Å². The number of carboxylic acids is 1. The summed E-state index contributed by atoms with van der Waals surface area (Å²) in [4.78, 5) is 20.0. The Morgan fingerprint density at radius 2 is 1.54 bits per heavy atom. The number of thioether (sulfide) groups is 1. The van der Waals surface area contributed by atoms with E-state index in [1.165, 1.54) is 77.0 Å². The summed E-state index contributed by atoms with van der Waals surface area (Å²) in [5.74, 6) is 0.211. The van der Waals surface area contributed by atoms with Crippen molar-refractivity contribution in [2.75, 3.05) is 24.7 Å². The van der Waals surface area contributed by atoms with Crippen molar-refractivity contribution in [3.8, 4) is 0 Å². The highest BCUT2D eigenvalue weighted by Crippen LogP contribution is 2.36. The zero-order chi connectivity index (χ0) is 25.7. The molecule has 0 amide bonds. The molecule has 0 bridgehead atoms. The summed E-state index contributed by atoms with van der Waals surface area (Å²) in [6.07, 6.45) is 20.4. The second-order valence-corrected chi connectivity index (χ2v) is 12.3. The van der Waals surface area contributed by atoms with E-state index in [1.807, 2.05) is 11.8 Å². The summed E-state index contributed by atoms with van der Waals surface area (Å²) in [5.41, 5.74) is 0. The minimum absolute atomic E-state index is 0.188. The Kier molecular flexibility index (Phi) is 20.5. The molecule has 0 aromatic rings. The quantitative estimate of drug-likeness (QED) is 0.102. The molecule has 2 N–H and O–H groups in total. The fourth-order valence-corrected chi connectivity index (χ4v) is 6.76. The summed E-state index contributed by atoms with van der Waals surface area (Å²) in [6, 6.07) is 0. The van der Waals surface area contributed by atoms with Gasteiger partial charge in [-0.05, 0) is 47.2 Å². The van der Waals surface area contributed by atoms with E-state index in [0.717, 1.165) is 43.3 Å². The van der Waals surface area contributed by atoms with E-state index in [9.17, 15) is 9.36 Å². The first-order valence-corrected chi connectivity index (χ1v) is 16.6. The monoisotopic (exact) mass is 535 g/mol. The summed E-state index contributed by atoms with van der Waals surface area (Å²) < 4.78 is 22.7. The molecule has 35 heavy (non-hydrogen) atoms. The third kappa shape index (κ3) is 15.6. The van der Waals surface area contributed by atoms with Crippen LogP contribution in [-0.4, -0.2) is 52.6 Å². The smallest absolute Gasteiger partial charge is 0.476 e. The number of carbonyl (C=O) groups is 1. The first kappa shape index (κ1) is 32.8. The second-order valence-electron chi connectivity index (χ2n) is 10.0. The predicted octanol–water partition coefficient (Wildman–Crippen LogP) is 7.79. The van der Waals surface area contributed by atoms with Crippen LogP contribution < -0.4 is 0 Å². The lowest BCUT2D eigenvalue weighted by Gasteiger charge is -2.36. The van der Waals surface area contributed by atoms with Gasteiger partial charge in [-0.1, -0.05) is 97.3 Å². The van der Waals surface area contributed by atoms with Crippen LogP contribution in [-0.2, 0) is 18.8 Å². The van der Waals surface area contributed by atoms with Gasteiger partial charge >= 0.3 is 19.8 Å². The Morgan fingerprint density at radius 1 is 0.914 bits per heavy atom. The molecule has 206 valence electrons. The van der Waals surface area contributed by atoms with Crippen molar-refractivity contribution in [3.63, 3.8) is 0 Å². The van der Waals surface area contributed by atoms with Gasteiger partial charge in [0.05, 0.1) is 12.7 Å². The number of rotatable bonds is 23. The fraction of sp³-hybridized carbons (Fsp3) is 0.963. The molecule has 1 fully saturated rings. The molecule has 0 saturated heterocycles. The highest BCUT2D eigenvalue weighted by Gasteiger charge is 2.38. The van der Waals surface area contributed by atoms with Gasteiger partial charge in [-0.2, -0.15) is 16.7 Å². The molecule has 8 heteroatoms. The molecule has 0 aromatic heterocycles. The number of hydrogen-bond acceptors (Lipinski definition) is 5. The molecular formula is C27H52O6PS+. The van der Waals surface area contributed by atoms with Crippen molar-refractivity contribution in [1.29, 1.82) is 0 Å². The van der Waals surface area contributed by atoms with Gasteiger partial charge in [-0.15, -0.1) is 0 Å². The Hall–Kier alpha value is -0.200. The number of carboxylic acid groups (broad SMARTS) is 1. The van der Waals surface area contributed by atoms with Gasteiger partial charge in [0.1, 0.15) is 0 Å². The minimum atomic E-state index is -2.87. The van der Waals surface area contributed by atoms with Crippen LogP contribution in [0.3, 0.4) is 0 Å². The molecule has 4 unspecified atom stereocenters. The molecule has 4 atom stereocenters. The molecule has 1 aliphatic carbocycles. The van der Waals surface area contributed by atoms with Crippen molar-refractivity contribution in [2.45, 2.75) is 129 Å². The summed E-state index contributed by atoms with van der Waals surface area (Å²) in [6.45, 7) is 5.57. The van der Waals surface area contributed by atoms with Crippen molar-refractivity contribution >= 4 is 25.8 Å². The highest BCUT2D eigenvalue weighted by atomic mass is 32.2. The summed E-state index contributed by atoms with van der Waals surface area (Å²) in [7, 11) is -2.87. The van der Waals surface area contributed by atoms with Gasteiger partial charge in [-0.3, -0.25) is 0 Å². The maximum absolute atomic E-state index is 11.1. The third-order valence-corrected chi connectivity index (χ3v) is 9.04. The molecule has 1 aliphatic rings. The van der Waals surface area contributed by atoms with E-state index in [0.29, 0.717) is 18.4 Å². The maximum atomic E-state index is 11.1. The van der Waals surface area contributed by atoms with Gasteiger partial charge < -0.3 is 14.6 Å². The van der Waals surface area contributed by atoms with Crippen LogP contribution in [0.2, 0.25) is 0 Å². The van der Waals surface area contributed by atoms with E-state index in [2.05, 4.69) is 13.8 Å². The Morgan fingerprint density at radius 3 is 2.14 bits per heavy atom. The van der Waals surface area contributed by atoms with Crippen LogP contribution in [0.15, 0.2) is 0 Å². The average molecular weight is 536 g/mol. The van der Waals surface area contributed by atoms with Crippen molar-refractivity contribution in [2.24, 2.45) is 11.8 Å². The Balaban J connectivity index is 2.43. The first-order valence-electron chi connectivity index (χ1n) is 14.2. The number of unbranched alkanes of at least 4 members (excludes halogenated alkanes) is 7. The summed E-state index contributed by atoms with van der Waals surface area (Å²) >= 11 is 1.89. The third-order valence-electron chi connectivity index (χ3n) is 7.07. The predicted molar refractivity (Wildman–Crippen MR) is 146 cm³/mol. The van der Waals surface area contributed by atoms with E-state index < -0.39 is 19.8 Å². The van der Waals surface area contributed by atoms with Crippen LogP contribution in [0, 0.1) is 11.8 Å². The minimum Gasteiger partial charge on any atom is -0.476 e. The molecule has 1 saturated carbocycles. The van der Waals surface area contributed by atoms with Gasteiger partial charge in [-0.25, -0.2) is 4.79 Å². The number of hydrogen-bond donors (Lipinski definition) is 2. The maximum Gasteiger partial charge on any atom is 0.550 e. The first-order chi connectivity index (χ1) is 17.0. The zero-order valence-corrected chi connectivity index (χ0v) is 24.0. The van der Waals surface area contributed by atoms with Crippen LogP contribution in [0.4, 0.5) is 0 Å². The normalized spacial score (nSPS) is 17.7. The Bertz CT molecular complexity index is 530. The van der Waals surface area contributed by atoms with Crippen LogP contribution in [0.1, 0.15) is 117 Å². The van der Waals surface area contributed by atoms with Gasteiger partial charge in [0.25, 0.3) is 0 Å². The molecule has 0 aliphatic heterocycles. The lowest BCUT2D eigenvalue weighted by molar-refractivity contribution is -0.145. The molecule has 0 radical (unpaired) electrons. The zero-order valence-electron chi connectivity index (χ0n) is 22.3. The lowest BCUT2D eigenvalue weighted by Crippen LogP contribution is -2.34. The molecule has 6 nitrogen and oxygen atoms in total. The number of ether oxygens (including phenoxy) is 2. The summed E-state index contributed by atoms with van der Waals surface area (Å²) in [5, 5.41) is 8.95. The SMILES string of the molecule is CCCCCCCCCCOC(CCC)C(CSCCCOC(C(=O)O)[P+](=O)O)C1CCCCC1. The van der Waals surface area contributed by atoms with E-state index in [1.54, 1.807) is 0 Å². The standard InChI is InChI=1S/C27H51O6PS/c1-3-5-6-7-8-9-10-14-19-32-25(16-4-2)24(23-17-12-11-13-18-23)22-35-21-15-20-33-27(26(28)29)34(30)31/h23-25,27H,3-22H2,1-2H3,(H-,28,29,30,31)/p+1. The van der Waals surface area contributed by atoms with E-state index in [4.69, 9.17) is 19.5 Å². The van der Waals surface area contributed by atoms with Crippen molar-refractivity contribution < 1.29 is 28.8 Å². The van der Waals surface area contributed by atoms with E-state index >= 15 is 0 Å². The molecule has 0 aromatic carbocycles. The van der Waals surface area contributed by atoms with Gasteiger partial charge in [0.2, 0.25) is 0 Å². The average Bonchev–Trinajstić information content (AvgIpc) is 2.84. The Labute approximate surface area is 219 Å². The van der Waals surface area contributed by atoms with Gasteiger partial charge in [0, 0.05) is 6.61 Å². The topological polar surface area (TPSA) is 93.1 Å². The fourth-order valence-electron chi connectivity index (χ4n) is 5.09.